The first-order chi connectivity index (χ1) is 13.9. The lowest BCUT2D eigenvalue weighted by atomic mass is 9.95. The number of aliphatic hydroxyl groups is 1. The van der Waals surface area contributed by atoms with Gasteiger partial charge in [-0.2, -0.15) is 0 Å². The Morgan fingerprint density at radius 2 is 1.48 bits per heavy atom. The molecular weight excluding hydrogens is 376 g/mol. The van der Waals surface area contributed by atoms with Gasteiger partial charge in [0.15, 0.2) is 17.2 Å². The highest BCUT2D eigenvalue weighted by atomic mass is 16.5. The first-order valence-corrected chi connectivity index (χ1v) is 8.82. The molecule has 0 spiro atoms. The van der Waals surface area contributed by atoms with Crippen LogP contribution in [0.25, 0.3) is 0 Å². The summed E-state index contributed by atoms with van der Waals surface area (Å²) in [7, 11) is 0. The second-order valence-corrected chi connectivity index (χ2v) is 6.50. The number of aliphatic hydroxyl groups excluding tert-OH is 1. The summed E-state index contributed by atoms with van der Waals surface area (Å²) in [4.78, 5) is 10.3. The number of benzene rings is 3. The maximum atomic E-state index is 10.3. The van der Waals surface area contributed by atoms with Crippen LogP contribution in [-0.2, 0) is 6.42 Å². The Hall–Kier alpha value is -3.71. The molecule has 0 saturated carbocycles. The van der Waals surface area contributed by atoms with Crippen molar-refractivity contribution < 1.29 is 35.1 Å². The molecule has 0 amide bonds. The molecule has 4 rings (SSSR count). The van der Waals surface area contributed by atoms with Crippen LogP contribution in [0.3, 0.4) is 0 Å². The zero-order valence-corrected chi connectivity index (χ0v) is 15.3. The van der Waals surface area contributed by atoms with Crippen molar-refractivity contribution in [3.63, 3.8) is 0 Å². The summed E-state index contributed by atoms with van der Waals surface area (Å²) >= 11 is 0. The van der Waals surface area contributed by atoms with Gasteiger partial charge in [0, 0.05) is 6.42 Å². The van der Waals surface area contributed by atoms with Gasteiger partial charge in [0.05, 0.1) is 11.7 Å². The van der Waals surface area contributed by atoms with E-state index in [4.69, 9.17) is 25.2 Å². The standard InChI is InChI=1S/C15H14O2.C7H6O5/c16-13-10-12-8-4-5-9-14(12)17-15(13)11-6-2-1-3-7-11;8-4-1-3(7(11)12)2-5(9)6(4)10/h1-9,13,15-16H,10H2;1-2,8-10H,(H,11,12). The van der Waals surface area contributed by atoms with Gasteiger partial charge in [0.25, 0.3) is 0 Å². The minimum absolute atomic E-state index is 0.258. The van der Waals surface area contributed by atoms with Crippen LogP contribution in [-0.4, -0.2) is 37.6 Å². The summed E-state index contributed by atoms with van der Waals surface area (Å²) in [6.45, 7) is 0. The number of carboxylic acids is 1. The molecule has 7 heteroatoms. The number of hydrogen-bond donors (Lipinski definition) is 5. The first kappa shape index (κ1) is 20.0. The average Bonchev–Trinajstić information content (AvgIpc) is 2.72. The summed E-state index contributed by atoms with van der Waals surface area (Å²) in [6.07, 6.45) is -0.0890. The molecule has 150 valence electrons. The minimum Gasteiger partial charge on any atom is -0.504 e. The normalized spacial score (nSPS) is 17.3. The predicted molar refractivity (Wildman–Crippen MR) is 104 cm³/mol. The number of phenols is 3. The molecule has 3 aromatic rings. The van der Waals surface area contributed by atoms with E-state index in [1.54, 1.807) is 0 Å². The van der Waals surface area contributed by atoms with Crippen LogP contribution < -0.4 is 4.74 Å². The van der Waals surface area contributed by atoms with Crippen molar-refractivity contribution in [3.05, 3.63) is 83.4 Å². The maximum absolute atomic E-state index is 10.3. The largest absolute Gasteiger partial charge is 0.504 e. The molecule has 1 aliphatic rings. The van der Waals surface area contributed by atoms with Crippen molar-refractivity contribution in [1.82, 2.24) is 0 Å². The van der Waals surface area contributed by atoms with Gasteiger partial charge in [-0.05, 0) is 29.3 Å². The van der Waals surface area contributed by atoms with E-state index in [1.807, 2.05) is 54.6 Å². The Bertz CT molecular complexity index is 978. The van der Waals surface area contributed by atoms with Crippen molar-refractivity contribution in [2.75, 3.05) is 0 Å². The van der Waals surface area contributed by atoms with E-state index in [0.29, 0.717) is 6.42 Å². The predicted octanol–water partition coefficient (Wildman–Crippen LogP) is 3.23. The fraction of sp³-hybridized carbons (Fsp3) is 0.136. The van der Waals surface area contributed by atoms with Crippen LogP contribution >= 0.6 is 0 Å². The SMILES string of the molecule is O=C(O)c1cc(O)c(O)c(O)c1.OC1Cc2ccccc2OC1c1ccccc1. The van der Waals surface area contributed by atoms with Gasteiger partial charge in [-0.15, -0.1) is 0 Å². The lowest BCUT2D eigenvalue weighted by Crippen LogP contribution is -2.30. The average molecular weight is 396 g/mol. The van der Waals surface area contributed by atoms with E-state index in [1.165, 1.54) is 0 Å². The molecule has 0 saturated heterocycles. The number of hydrogen-bond acceptors (Lipinski definition) is 6. The van der Waals surface area contributed by atoms with E-state index in [9.17, 15) is 9.90 Å². The van der Waals surface area contributed by atoms with Gasteiger partial charge in [0.2, 0.25) is 0 Å². The minimum atomic E-state index is -1.29. The van der Waals surface area contributed by atoms with Crippen molar-refractivity contribution in [2.24, 2.45) is 0 Å². The topological polar surface area (TPSA) is 127 Å². The third-order valence-corrected chi connectivity index (χ3v) is 4.45. The fourth-order valence-corrected chi connectivity index (χ4v) is 3.00. The van der Waals surface area contributed by atoms with Crippen molar-refractivity contribution in [1.29, 1.82) is 0 Å². The molecule has 0 fully saturated rings. The highest BCUT2D eigenvalue weighted by molar-refractivity contribution is 5.89. The van der Waals surface area contributed by atoms with E-state index in [0.717, 1.165) is 29.0 Å². The lowest BCUT2D eigenvalue weighted by molar-refractivity contribution is 0.0208. The summed E-state index contributed by atoms with van der Waals surface area (Å²) in [5.41, 5.74) is 1.81. The molecule has 5 N–H and O–H groups in total. The fourth-order valence-electron chi connectivity index (χ4n) is 3.00. The number of rotatable bonds is 2. The number of fused-ring (bicyclic) bond motifs is 1. The van der Waals surface area contributed by atoms with Crippen molar-refractivity contribution >= 4 is 5.97 Å². The Morgan fingerprint density at radius 1 is 0.897 bits per heavy atom. The second kappa shape index (κ2) is 8.53. The van der Waals surface area contributed by atoms with E-state index < -0.39 is 29.3 Å². The molecular formula is C22H20O7. The molecule has 3 aromatic carbocycles. The van der Waals surface area contributed by atoms with Crippen LogP contribution in [0.1, 0.15) is 27.6 Å². The summed E-state index contributed by atoms with van der Waals surface area (Å²) < 4.78 is 5.88. The molecule has 0 radical (unpaired) electrons. The van der Waals surface area contributed by atoms with E-state index in [-0.39, 0.29) is 11.7 Å². The van der Waals surface area contributed by atoms with E-state index in [2.05, 4.69) is 0 Å². The number of para-hydroxylation sites is 1. The van der Waals surface area contributed by atoms with E-state index >= 15 is 0 Å². The Labute approximate surface area is 166 Å². The van der Waals surface area contributed by atoms with Crippen LogP contribution in [0.15, 0.2) is 66.7 Å². The Kier molecular flexibility index (Phi) is 5.90. The number of aromatic carboxylic acids is 1. The zero-order valence-electron chi connectivity index (χ0n) is 15.3. The van der Waals surface area contributed by atoms with Gasteiger partial charge in [-0.25, -0.2) is 4.79 Å². The van der Waals surface area contributed by atoms with Crippen LogP contribution in [0.5, 0.6) is 23.0 Å². The van der Waals surface area contributed by atoms with Crippen LogP contribution in [0.4, 0.5) is 0 Å². The summed E-state index contributed by atoms with van der Waals surface area (Å²) in [6, 6.07) is 19.4. The Balaban J connectivity index is 0.000000177. The van der Waals surface area contributed by atoms with Gasteiger partial charge in [-0.1, -0.05) is 48.5 Å². The molecule has 0 bridgehead atoms. The molecule has 7 nitrogen and oxygen atoms in total. The molecule has 0 aliphatic carbocycles. The summed E-state index contributed by atoms with van der Waals surface area (Å²) in [5.74, 6) is -2.45. The number of carbonyl (C=O) groups is 1. The van der Waals surface area contributed by atoms with Gasteiger partial charge >= 0.3 is 5.97 Å². The number of aromatic hydroxyl groups is 3. The van der Waals surface area contributed by atoms with Gasteiger partial charge in [-0.3, -0.25) is 0 Å². The lowest BCUT2D eigenvalue weighted by Gasteiger charge is -2.30. The molecule has 0 aromatic heterocycles. The third kappa shape index (κ3) is 4.59. The van der Waals surface area contributed by atoms with Gasteiger partial charge in [0.1, 0.15) is 11.9 Å². The first-order valence-electron chi connectivity index (χ1n) is 8.82. The maximum Gasteiger partial charge on any atom is 0.335 e. The molecule has 1 heterocycles. The smallest absolute Gasteiger partial charge is 0.335 e. The van der Waals surface area contributed by atoms with Crippen LogP contribution in [0, 0.1) is 0 Å². The Morgan fingerprint density at radius 3 is 2.10 bits per heavy atom. The molecule has 2 unspecified atom stereocenters. The number of carboxylic acid groups (broad SMARTS) is 1. The number of ether oxygens (including phenoxy) is 1. The monoisotopic (exact) mass is 396 g/mol. The second-order valence-electron chi connectivity index (χ2n) is 6.50. The van der Waals surface area contributed by atoms with Crippen molar-refractivity contribution in [3.8, 4) is 23.0 Å². The molecule has 29 heavy (non-hydrogen) atoms. The summed E-state index contributed by atoms with van der Waals surface area (Å²) in [5, 5.41) is 45.1. The quantitative estimate of drug-likeness (QED) is 0.421. The van der Waals surface area contributed by atoms with Crippen LogP contribution in [0.2, 0.25) is 0 Å². The number of phenolic OH excluding ortho intramolecular Hbond substituents is 3. The third-order valence-electron chi connectivity index (χ3n) is 4.45. The van der Waals surface area contributed by atoms with Crippen molar-refractivity contribution in [2.45, 2.75) is 18.6 Å². The zero-order chi connectivity index (χ0) is 21.0. The molecule has 1 aliphatic heterocycles. The molecule has 2 atom stereocenters. The highest BCUT2D eigenvalue weighted by Gasteiger charge is 2.29. The highest BCUT2D eigenvalue weighted by Crippen LogP contribution is 2.35. The van der Waals surface area contributed by atoms with Gasteiger partial charge < -0.3 is 30.3 Å².